The number of benzene rings is 1. The molecule has 0 saturated carbocycles. The number of aromatic nitrogens is 2. The molecule has 4 rings (SSSR count). The van der Waals surface area contributed by atoms with Gasteiger partial charge in [-0.05, 0) is 24.5 Å². The predicted octanol–water partition coefficient (Wildman–Crippen LogP) is 4.93. The van der Waals surface area contributed by atoms with Crippen LogP contribution in [0.25, 0.3) is 0 Å². The molecule has 3 heterocycles. The molecule has 0 aliphatic carbocycles. The number of nitrogens with zero attached hydrogens (tertiary/aromatic N) is 4. The summed E-state index contributed by atoms with van der Waals surface area (Å²) in [6.07, 6.45) is -0.945. The van der Waals surface area contributed by atoms with Gasteiger partial charge in [0.05, 0.1) is 21.9 Å². The van der Waals surface area contributed by atoms with Crippen molar-refractivity contribution in [3.63, 3.8) is 0 Å². The minimum absolute atomic E-state index is 0.150. The fraction of sp³-hybridized carbons (Fsp3) is 0.333. The standard InChI is InChI=1S/C24H22ClF3N4O3S/c25-18-10-20(24(26,27)28)23(34)32(12-18)13-21(33)31-8-6-17(7-9-31)22-30-19(15-36-22)11-29-35-14-16-4-2-1-3-5-16/h1-5,10-12,15,17H,6-9,13-14H2/b29-11-. The molecular weight excluding hydrogens is 517 g/mol. The van der Waals surface area contributed by atoms with Crippen LogP contribution in [0.3, 0.4) is 0 Å². The molecule has 1 aliphatic rings. The van der Waals surface area contributed by atoms with Crippen molar-refractivity contribution < 1.29 is 22.8 Å². The molecule has 0 spiro atoms. The first-order valence-electron chi connectivity index (χ1n) is 11.1. The number of halogens is 4. The summed E-state index contributed by atoms with van der Waals surface area (Å²) >= 11 is 7.25. The van der Waals surface area contributed by atoms with Gasteiger partial charge in [0.25, 0.3) is 5.56 Å². The largest absolute Gasteiger partial charge is 0.421 e. The molecule has 12 heteroatoms. The van der Waals surface area contributed by atoms with E-state index in [0.717, 1.165) is 16.8 Å². The quantitative estimate of drug-likeness (QED) is 0.315. The lowest BCUT2D eigenvalue weighted by atomic mass is 9.97. The van der Waals surface area contributed by atoms with E-state index in [0.29, 0.717) is 48.9 Å². The maximum atomic E-state index is 13.1. The second-order valence-corrected chi connectivity index (χ2v) is 9.59. The molecule has 7 nitrogen and oxygen atoms in total. The zero-order chi connectivity index (χ0) is 25.7. The maximum Gasteiger partial charge on any atom is 0.421 e. The number of hydrogen-bond acceptors (Lipinski definition) is 6. The highest BCUT2D eigenvalue weighted by atomic mass is 35.5. The van der Waals surface area contributed by atoms with Crippen LogP contribution >= 0.6 is 22.9 Å². The molecule has 3 aromatic rings. The summed E-state index contributed by atoms with van der Waals surface area (Å²) in [6, 6.07) is 10.2. The Bertz CT molecular complexity index is 1290. The van der Waals surface area contributed by atoms with Gasteiger partial charge in [0.1, 0.15) is 18.7 Å². The van der Waals surface area contributed by atoms with Crippen LogP contribution in [0.2, 0.25) is 5.02 Å². The number of thiazole rings is 1. The fourth-order valence-electron chi connectivity index (χ4n) is 3.87. The Labute approximate surface area is 213 Å². The van der Waals surface area contributed by atoms with E-state index in [-0.39, 0.29) is 10.9 Å². The zero-order valence-electron chi connectivity index (χ0n) is 18.9. The van der Waals surface area contributed by atoms with Crippen LogP contribution in [0.4, 0.5) is 13.2 Å². The van der Waals surface area contributed by atoms with Crippen molar-refractivity contribution in [2.75, 3.05) is 13.1 Å². The smallest absolute Gasteiger partial charge is 0.391 e. The van der Waals surface area contributed by atoms with E-state index in [2.05, 4.69) is 10.1 Å². The summed E-state index contributed by atoms with van der Waals surface area (Å²) in [7, 11) is 0. The van der Waals surface area contributed by atoms with E-state index in [4.69, 9.17) is 16.4 Å². The summed E-state index contributed by atoms with van der Waals surface area (Å²) in [5.41, 5.74) is -0.992. The number of rotatable bonds is 7. The van der Waals surface area contributed by atoms with Crippen LogP contribution in [-0.4, -0.2) is 39.7 Å². The number of piperidine rings is 1. The molecule has 0 bridgehead atoms. The lowest BCUT2D eigenvalue weighted by Gasteiger charge is -2.31. The van der Waals surface area contributed by atoms with Crippen molar-refractivity contribution in [1.82, 2.24) is 14.5 Å². The van der Waals surface area contributed by atoms with E-state index >= 15 is 0 Å². The molecule has 1 fully saturated rings. The number of hydrogen-bond donors (Lipinski definition) is 0. The first kappa shape index (κ1) is 25.9. The summed E-state index contributed by atoms with van der Waals surface area (Å²) in [5, 5.41) is 6.51. The molecule has 1 saturated heterocycles. The Morgan fingerprint density at radius 3 is 2.67 bits per heavy atom. The fourth-order valence-corrected chi connectivity index (χ4v) is 5.03. The topological polar surface area (TPSA) is 76.8 Å². The minimum Gasteiger partial charge on any atom is -0.391 e. The van der Waals surface area contributed by atoms with Crippen LogP contribution in [0, 0.1) is 0 Å². The Morgan fingerprint density at radius 1 is 1.25 bits per heavy atom. The third-order valence-corrected chi connectivity index (χ3v) is 6.97. The van der Waals surface area contributed by atoms with E-state index in [1.165, 1.54) is 11.3 Å². The summed E-state index contributed by atoms with van der Waals surface area (Å²) < 4.78 is 39.9. The number of alkyl halides is 3. The van der Waals surface area contributed by atoms with Gasteiger partial charge in [0, 0.05) is 30.6 Å². The van der Waals surface area contributed by atoms with Gasteiger partial charge < -0.3 is 14.3 Å². The molecule has 0 unspecified atom stereocenters. The van der Waals surface area contributed by atoms with Gasteiger partial charge in [-0.15, -0.1) is 11.3 Å². The average Bonchev–Trinajstić information content (AvgIpc) is 3.33. The third kappa shape index (κ3) is 6.52. The van der Waals surface area contributed by atoms with E-state index in [1.807, 2.05) is 35.7 Å². The molecular formula is C24H22ClF3N4O3S. The van der Waals surface area contributed by atoms with E-state index in [1.54, 1.807) is 11.1 Å². The van der Waals surface area contributed by atoms with Gasteiger partial charge >= 0.3 is 6.18 Å². The Morgan fingerprint density at radius 2 is 1.97 bits per heavy atom. The molecule has 2 aromatic heterocycles. The van der Waals surface area contributed by atoms with Gasteiger partial charge in [0.2, 0.25) is 5.91 Å². The summed E-state index contributed by atoms with van der Waals surface area (Å²) in [6.45, 7) is 0.676. The lowest BCUT2D eigenvalue weighted by Crippen LogP contribution is -2.41. The van der Waals surface area contributed by atoms with Crippen molar-refractivity contribution in [2.24, 2.45) is 5.16 Å². The molecule has 1 amide bonds. The molecule has 1 aliphatic heterocycles. The number of carbonyl (C=O) groups is 1. The first-order valence-corrected chi connectivity index (χ1v) is 12.4. The second-order valence-electron chi connectivity index (χ2n) is 8.26. The van der Waals surface area contributed by atoms with E-state index < -0.39 is 29.8 Å². The number of likely N-dealkylation sites (tertiary alicyclic amines) is 1. The first-order chi connectivity index (χ1) is 17.2. The molecule has 1 aromatic carbocycles. The van der Waals surface area contributed by atoms with Crippen LogP contribution < -0.4 is 5.56 Å². The normalized spacial score (nSPS) is 14.9. The second kappa shape index (κ2) is 11.3. The molecule has 36 heavy (non-hydrogen) atoms. The van der Waals surface area contributed by atoms with E-state index in [9.17, 15) is 22.8 Å². The van der Waals surface area contributed by atoms with Crippen LogP contribution in [0.1, 0.15) is 40.6 Å². The van der Waals surface area contributed by atoms with Crippen LogP contribution in [0.15, 0.2) is 57.9 Å². The number of amides is 1. The van der Waals surface area contributed by atoms with Crippen LogP contribution in [-0.2, 0) is 29.0 Å². The molecule has 190 valence electrons. The average molecular weight is 539 g/mol. The van der Waals surface area contributed by atoms with Crippen molar-refractivity contribution in [3.8, 4) is 0 Å². The Balaban J connectivity index is 1.30. The third-order valence-electron chi connectivity index (χ3n) is 5.73. The van der Waals surface area contributed by atoms with Crippen molar-refractivity contribution in [2.45, 2.75) is 38.1 Å². The monoisotopic (exact) mass is 538 g/mol. The van der Waals surface area contributed by atoms with Crippen molar-refractivity contribution in [1.29, 1.82) is 0 Å². The highest BCUT2D eigenvalue weighted by Crippen LogP contribution is 2.31. The summed E-state index contributed by atoms with van der Waals surface area (Å²) in [5.74, 6) is -0.286. The van der Waals surface area contributed by atoms with Gasteiger partial charge in [-0.2, -0.15) is 13.2 Å². The van der Waals surface area contributed by atoms with Gasteiger partial charge in [-0.1, -0.05) is 47.1 Å². The number of carbonyl (C=O) groups excluding carboxylic acids is 1. The highest BCUT2D eigenvalue weighted by Gasteiger charge is 2.35. The minimum atomic E-state index is -4.85. The SMILES string of the molecule is O=C(Cn1cc(Cl)cc(C(F)(F)F)c1=O)N1CCC(c2nc(/C=N\OCc3ccccc3)cs2)CC1. The predicted molar refractivity (Wildman–Crippen MR) is 130 cm³/mol. The van der Waals surface area contributed by atoms with Crippen molar-refractivity contribution >= 4 is 35.1 Å². The highest BCUT2D eigenvalue weighted by molar-refractivity contribution is 7.09. The zero-order valence-corrected chi connectivity index (χ0v) is 20.5. The number of pyridine rings is 1. The molecule has 0 radical (unpaired) electrons. The van der Waals surface area contributed by atoms with Crippen LogP contribution in [0.5, 0.6) is 0 Å². The number of oxime groups is 1. The maximum absolute atomic E-state index is 13.1. The van der Waals surface area contributed by atoms with Crippen molar-refractivity contribution in [3.05, 3.63) is 85.2 Å². The Kier molecular flexibility index (Phi) is 8.10. The molecule has 0 atom stereocenters. The van der Waals surface area contributed by atoms with Gasteiger partial charge in [-0.25, -0.2) is 4.98 Å². The van der Waals surface area contributed by atoms with Gasteiger partial charge in [-0.3, -0.25) is 9.59 Å². The summed E-state index contributed by atoms with van der Waals surface area (Å²) in [4.78, 5) is 36.3. The Hall–Kier alpha value is -3.18. The van der Waals surface area contributed by atoms with Gasteiger partial charge in [0.15, 0.2) is 0 Å². The lowest BCUT2D eigenvalue weighted by molar-refractivity contribution is -0.139. The molecule has 0 N–H and O–H groups in total.